The van der Waals surface area contributed by atoms with Crippen molar-refractivity contribution in [3.8, 4) is 0 Å². The average molecular weight is 309 g/mol. The summed E-state index contributed by atoms with van der Waals surface area (Å²) in [6, 6.07) is 13.3. The van der Waals surface area contributed by atoms with E-state index >= 15 is 0 Å². The minimum Gasteiger partial charge on any atom is -0.294 e. The highest BCUT2D eigenvalue weighted by atomic mass is 35.5. The minimum atomic E-state index is -0.321. The predicted molar refractivity (Wildman–Crippen MR) is 82.1 cm³/mol. The maximum absolute atomic E-state index is 12.8. The number of hydrogen-bond acceptors (Lipinski definition) is 2. The van der Waals surface area contributed by atoms with Gasteiger partial charge in [0.1, 0.15) is 5.82 Å². The van der Waals surface area contributed by atoms with Gasteiger partial charge in [-0.2, -0.15) is 0 Å². The monoisotopic (exact) mass is 308 g/mol. The van der Waals surface area contributed by atoms with Crippen LogP contribution >= 0.6 is 23.4 Å². The van der Waals surface area contributed by atoms with Gasteiger partial charge in [0, 0.05) is 21.9 Å². The molecule has 20 heavy (non-hydrogen) atoms. The molecule has 4 heteroatoms. The summed E-state index contributed by atoms with van der Waals surface area (Å²) in [6.07, 6.45) is 1.26. The third-order valence-corrected chi connectivity index (χ3v) is 4.09. The Bertz CT molecular complexity index is 583. The molecule has 2 aromatic rings. The summed E-state index contributed by atoms with van der Waals surface area (Å²) in [7, 11) is 0. The number of hydrogen-bond donors (Lipinski definition) is 0. The maximum atomic E-state index is 12.8. The van der Waals surface area contributed by atoms with Crippen LogP contribution in [0.4, 0.5) is 4.39 Å². The van der Waals surface area contributed by atoms with E-state index in [9.17, 15) is 9.18 Å². The molecule has 0 aromatic heterocycles. The fraction of sp³-hybridized carbons (Fsp3) is 0.188. The van der Waals surface area contributed by atoms with Crippen molar-refractivity contribution < 1.29 is 9.18 Å². The Morgan fingerprint density at radius 3 is 2.60 bits per heavy atom. The van der Waals surface area contributed by atoms with Crippen LogP contribution in [0.2, 0.25) is 5.02 Å². The van der Waals surface area contributed by atoms with E-state index in [-0.39, 0.29) is 11.6 Å². The quantitative estimate of drug-likeness (QED) is 0.413. The molecule has 0 heterocycles. The second kappa shape index (κ2) is 7.46. The molecule has 0 N–H and O–H groups in total. The molecule has 0 bridgehead atoms. The van der Waals surface area contributed by atoms with Crippen molar-refractivity contribution in [3.05, 3.63) is 64.9 Å². The van der Waals surface area contributed by atoms with Crippen molar-refractivity contribution in [1.29, 1.82) is 0 Å². The van der Waals surface area contributed by atoms with Gasteiger partial charge in [0.25, 0.3) is 0 Å². The van der Waals surface area contributed by atoms with Crippen molar-refractivity contribution in [2.75, 3.05) is 5.75 Å². The van der Waals surface area contributed by atoms with Crippen LogP contribution < -0.4 is 0 Å². The van der Waals surface area contributed by atoms with E-state index in [4.69, 9.17) is 11.6 Å². The standard InChI is InChI=1S/C16H14ClFOS/c17-13-3-1-4-15(11-13)20-10-2-5-16(19)12-6-8-14(18)9-7-12/h1,3-4,6-9,11H,2,5,10H2. The molecular weight excluding hydrogens is 295 g/mol. The largest absolute Gasteiger partial charge is 0.294 e. The normalized spacial score (nSPS) is 10.5. The molecule has 104 valence electrons. The predicted octanol–water partition coefficient (Wildman–Crippen LogP) is 5.23. The van der Waals surface area contributed by atoms with Crippen LogP contribution in [-0.4, -0.2) is 11.5 Å². The van der Waals surface area contributed by atoms with Crippen molar-refractivity contribution >= 4 is 29.1 Å². The Labute approximate surface area is 127 Å². The first-order valence-electron chi connectivity index (χ1n) is 6.32. The van der Waals surface area contributed by atoms with E-state index in [1.54, 1.807) is 11.8 Å². The smallest absolute Gasteiger partial charge is 0.162 e. The highest BCUT2D eigenvalue weighted by Gasteiger charge is 2.05. The Morgan fingerprint density at radius 2 is 1.90 bits per heavy atom. The van der Waals surface area contributed by atoms with Crippen molar-refractivity contribution in [1.82, 2.24) is 0 Å². The fourth-order valence-corrected chi connectivity index (χ4v) is 2.92. The SMILES string of the molecule is O=C(CCCSc1cccc(Cl)c1)c1ccc(F)cc1. The number of Topliss-reactive ketones (excluding diaryl/α,β-unsaturated/α-hetero) is 1. The molecule has 0 amide bonds. The molecule has 0 aliphatic carbocycles. The van der Waals surface area contributed by atoms with Crippen LogP contribution in [-0.2, 0) is 0 Å². The zero-order valence-corrected chi connectivity index (χ0v) is 12.4. The number of carbonyl (C=O) groups is 1. The lowest BCUT2D eigenvalue weighted by molar-refractivity contribution is 0.0982. The molecule has 0 fully saturated rings. The van der Waals surface area contributed by atoms with Gasteiger partial charge in [-0.1, -0.05) is 17.7 Å². The van der Waals surface area contributed by atoms with Crippen LogP contribution in [0.15, 0.2) is 53.4 Å². The molecule has 2 rings (SSSR count). The van der Waals surface area contributed by atoms with Gasteiger partial charge in [-0.15, -0.1) is 11.8 Å². The number of thioether (sulfide) groups is 1. The van der Waals surface area contributed by atoms with Gasteiger partial charge in [0.2, 0.25) is 0 Å². The van der Waals surface area contributed by atoms with Crippen molar-refractivity contribution in [3.63, 3.8) is 0 Å². The van der Waals surface area contributed by atoms with Crippen molar-refractivity contribution in [2.24, 2.45) is 0 Å². The topological polar surface area (TPSA) is 17.1 Å². The lowest BCUT2D eigenvalue weighted by atomic mass is 10.1. The Balaban J connectivity index is 1.76. The van der Waals surface area contributed by atoms with Gasteiger partial charge in [0.05, 0.1) is 0 Å². The maximum Gasteiger partial charge on any atom is 0.162 e. The number of rotatable bonds is 6. The van der Waals surface area contributed by atoms with E-state index < -0.39 is 0 Å². The van der Waals surface area contributed by atoms with E-state index in [1.165, 1.54) is 24.3 Å². The third kappa shape index (κ3) is 4.66. The van der Waals surface area contributed by atoms with E-state index in [0.29, 0.717) is 12.0 Å². The molecule has 0 radical (unpaired) electrons. The third-order valence-electron chi connectivity index (χ3n) is 2.78. The molecule has 1 nitrogen and oxygen atoms in total. The zero-order valence-electron chi connectivity index (χ0n) is 10.8. The van der Waals surface area contributed by atoms with Crippen molar-refractivity contribution in [2.45, 2.75) is 17.7 Å². The first-order chi connectivity index (χ1) is 9.65. The van der Waals surface area contributed by atoms with Crippen LogP contribution in [0, 0.1) is 5.82 Å². The molecule has 0 saturated heterocycles. The van der Waals surface area contributed by atoms with Gasteiger partial charge in [-0.3, -0.25) is 4.79 Å². The lowest BCUT2D eigenvalue weighted by Gasteiger charge is -2.03. The van der Waals surface area contributed by atoms with Crippen LogP contribution in [0.3, 0.4) is 0 Å². The summed E-state index contributed by atoms with van der Waals surface area (Å²) < 4.78 is 12.8. The van der Waals surface area contributed by atoms with Gasteiger partial charge < -0.3 is 0 Å². The molecule has 0 unspecified atom stereocenters. The molecule has 0 spiro atoms. The Morgan fingerprint density at radius 1 is 1.15 bits per heavy atom. The molecule has 0 atom stereocenters. The first-order valence-corrected chi connectivity index (χ1v) is 7.68. The number of benzene rings is 2. The number of ketones is 1. The minimum absolute atomic E-state index is 0.0525. The first kappa shape index (κ1) is 15.1. The summed E-state index contributed by atoms with van der Waals surface area (Å²) in [5, 5.41) is 0.720. The van der Waals surface area contributed by atoms with Crippen LogP contribution in [0.25, 0.3) is 0 Å². The van der Waals surface area contributed by atoms with Gasteiger partial charge >= 0.3 is 0 Å². The highest BCUT2D eigenvalue weighted by molar-refractivity contribution is 7.99. The van der Waals surface area contributed by atoms with Crippen LogP contribution in [0.1, 0.15) is 23.2 Å². The van der Waals surface area contributed by atoms with Gasteiger partial charge in [-0.25, -0.2) is 4.39 Å². The van der Waals surface area contributed by atoms with Gasteiger partial charge in [-0.05, 0) is 54.6 Å². The highest BCUT2D eigenvalue weighted by Crippen LogP contribution is 2.22. The lowest BCUT2D eigenvalue weighted by Crippen LogP contribution is -1.99. The Kier molecular flexibility index (Phi) is 5.62. The second-order valence-electron chi connectivity index (χ2n) is 4.34. The van der Waals surface area contributed by atoms with E-state index in [1.807, 2.05) is 24.3 Å². The summed E-state index contributed by atoms with van der Waals surface area (Å²) in [6.45, 7) is 0. The van der Waals surface area contributed by atoms with E-state index in [0.717, 1.165) is 22.1 Å². The summed E-state index contributed by atoms with van der Waals surface area (Å²) in [4.78, 5) is 13.0. The van der Waals surface area contributed by atoms with Crippen LogP contribution in [0.5, 0.6) is 0 Å². The fourth-order valence-electron chi connectivity index (χ4n) is 1.76. The van der Waals surface area contributed by atoms with E-state index in [2.05, 4.69) is 0 Å². The Hall–Kier alpha value is -1.32. The molecule has 2 aromatic carbocycles. The molecule has 0 saturated carbocycles. The summed E-state index contributed by atoms with van der Waals surface area (Å²) in [5.74, 6) is 0.586. The molecule has 0 aliphatic heterocycles. The zero-order chi connectivity index (χ0) is 14.4. The average Bonchev–Trinajstić information content (AvgIpc) is 2.44. The summed E-state index contributed by atoms with van der Waals surface area (Å²) in [5.41, 5.74) is 0.569. The number of halogens is 2. The van der Waals surface area contributed by atoms with Gasteiger partial charge in [0.15, 0.2) is 5.78 Å². The second-order valence-corrected chi connectivity index (χ2v) is 5.94. The summed E-state index contributed by atoms with van der Waals surface area (Å²) >= 11 is 7.58. The molecule has 0 aliphatic rings. The molecular formula is C16H14ClFOS. The number of carbonyl (C=O) groups excluding carboxylic acids is 1.